The summed E-state index contributed by atoms with van der Waals surface area (Å²) < 4.78 is 7.03. The standard InChI is InChI=1S/C21H22BrNO2.ClH/c1-14-12-17(22)8-10-19(14)20-11-9-18(25-20)13-23-15(2)21(24)16-6-4-3-5-7-16;/h3-12,15,21,23-24H,13H2,1-2H3;1H. The molecule has 2 unspecified atom stereocenters. The maximum absolute atomic E-state index is 10.4. The molecule has 0 saturated heterocycles. The van der Waals surface area contributed by atoms with Crippen molar-refractivity contribution in [2.24, 2.45) is 0 Å². The number of aryl methyl sites for hydroxylation is 1. The lowest BCUT2D eigenvalue weighted by molar-refractivity contribution is 0.134. The third kappa shape index (κ3) is 4.98. The monoisotopic (exact) mass is 435 g/mol. The number of halogens is 2. The summed E-state index contributed by atoms with van der Waals surface area (Å²) in [6, 6.07) is 19.7. The summed E-state index contributed by atoms with van der Waals surface area (Å²) in [6.45, 7) is 4.61. The molecule has 0 radical (unpaired) electrons. The van der Waals surface area contributed by atoms with E-state index in [1.807, 2.05) is 55.5 Å². The van der Waals surface area contributed by atoms with Crippen molar-refractivity contribution in [3.8, 4) is 11.3 Å². The number of aliphatic hydroxyl groups is 1. The van der Waals surface area contributed by atoms with Crippen molar-refractivity contribution >= 4 is 28.3 Å². The number of benzene rings is 2. The molecule has 0 bridgehead atoms. The number of furan rings is 1. The van der Waals surface area contributed by atoms with Crippen molar-refractivity contribution in [1.82, 2.24) is 5.32 Å². The molecular weight excluding hydrogens is 414 g/mol. The van der Waals surface area contributed by atoms with Gasteiger partial charge >= 0.3 is 0 Å². The van der Waals surface area contributed by atoms with Gasteiger partial charge in [-0.05, 0) is 55.3 Å². The first-order valence-corrected chi connectivity index (χ1v) is 9.15. The number of hydrogen-bond donors (Lipinski definition) is 2. The molecule has 3 aromatic rings. The number of aliphatic hydroxyl groups excluding tert-OH is 1. The number of hydrogen-bond acceptors (Lipinski definition) is 3. The molecule has 138 valence electrons. The molecule has 1 aromatic heterocycles. The van der Waals surface area contributed by atoms with Crippen molar-refractivity contribution in [2.75, 3.05) is 0 Å². The maximum atomic E-state index is 10.4. The number of rotatable bonds is 6. The number of nitrogens with one attached hydrogen (secondary N) is 1. The second-order valence-electron chi connectivity index (χ2n) is 6.25. The third-order valence-electron chi connectivity index (χ3n) is 4.33. The molecule has 0 aliphatic rings. The van der Waals surface area contributed by atoms with E-state index in [0.717, 1.165) is 32.7 Å². The average molecular weight is 437 g/mol. The molecule has 26 heavy (non-hydrogen) atoms. The van der Waals surface area contributed by atoms with Crippen LogP contribution < -0.4 is 5.32 Å². The van der Waals surface area contributed by atoms with Gasteiger partial charge in [-0.3, -0.25) is 0 Å². The van der Waals surface area contributed by atoms with Crippen LogP contribution in [0.1, 0.15) is 29.9 Å². The fourth-order valence-corrected chi connectivity index (χ4v) is 3.31. The Kier molecular flexibility index (Phi) is 7.47. The zero-order chi connectivity index (χ0) is 17.8. The van der Waals surface area contributed by atoms with E-state index in [1.165, 1.54) is 0 Å². The molecule has 3 rings (SSSR count). The van der Waals surface area contributed by atoms with Gasteiger partial charge in [-0.2, -0.15) is 0 Å². The van der Waals surface area contributed by atoms with Crippen molar-refractivity contribution in [1.29, 1.82) is 0 Å². The zero-order valence-electron chi connectivity index (χ0n) is 14.8. The fourth-order valence-electron chi connectivity index (χ4n) is 2.83. The summed E-state index contributed by atoms with van der Waals surface area (Å²) in [5, 5.41) is 13.7. The molecule has 0 aliphatic carbocycles. The Morgan fingerprint density at radius 2 is 1.81 bits per heavy atom. The molecule has 3 nitrogen and oxygen atoms in total. The van der Waals surface area contributed by atoms with Gasteiger partial charge in [0.05, 0.1) is 12.6 Å². The van der Waals surface area contributed by atoms with Gasteiger partial charge in [-0.15, -0.1) is 12.4 Å². The van der Waals surface area contributed by atoms with Gasteiger partial charge in [0.1, 0.15) is 11.5 Å². The Morgan fingerprint density at radius 1 is 1.08 bits per heavy atom. The minimum absolute atomic E-state index is 0. The Morgan fingerprint density at radius 3 is 2.50 bits per heavy atom. The highest BCUT2D eigenvalue weighted by Gasteiger charge is 2.16. The largest absolute Gasteiger partial charge is 0.460 e. The zero-order valence-corrected chi connectivity index (χ0v) is 17.2. The molecule has 0 spiro atoms. The van der Waals surface area contributed by atoms with Crippen LogP contribution >= 0.6 is 28.3 Å². The SMILES string of the molecule is Cc1cc(Br)ccc1-c1ccc(CNC(C)C(O)c2ccccc2)o1.Cl. The predicted molar refractivity (Wildman–Crippen MR) is 112 cm³/mol. The summed E-state index contributed by atoms with van der Waals surface area (Å²) in [6.07, 6.45) is -0.552. The van der Waals surface area contributed by atoms with Crippen LogP contribution in [-0.4, -0.2) is 11.1 Å². The normalized spacial score (nSPS) is 13.1. The van der Waals surface area contributed by atoms with Gasteiger partial charge in [0.25, 0.3) is 0 Å². The van der Waals surface area contributed by atoms with E-state index >= 15 is 0 Å². The first-order valence-electron chi connectivity index (χ1n) is 8.36. The summed E-state index contributed by atoms with van der Waals surface area (Å²) in [5.74, 6) is 1.71. The van der Waals surface area contributed by atoms with Crippen LogP contribution in [0.25, 0.3) is 11.3 Å². The first kappa shape index (κ1) is 20.7. The van der Waals surface area contributed by atoms with Crippen LogP contribution in [0, 0.1) is 6.92 Å². The summed E-state index contributed by atoms with van der Waals surface area (Å²) >= 11 is 3.48. The molecule has 0 aliphatic heterocycles. The predicted octanol–water partition coefficient (Wildman–Crippen LogP) is 5.65. The van der Waals surface area contributed by atoms with E-state index in [2.05, 4.69) is 40.3 Å². The van der Waals surface area contributed by atoms with Gasteiger partial charge in [-0.25, -0.2) is 0 Å². The van der Waals surface area contributed by atoms with E-state index in [0.29, 0.717) is 6.54 Å². The lowest BCUT2D eigenvalue weighted by Crippen LogP contribution is -2.31. The molecule has 0 amide bonds. The molecule has 2 aromatic carbocycles. The van der Waals surface area contributed by atoms with Crippen LogP contribution in [0.15, 0.2) is 69.6 Å². The molecule has 0 saturated carbocycles. The van der Waals surface area contributed by atoms with Gasteiger partial charge < -0.3 is 14.8 Å². The molecular formula is C21H23BrClNO2. The van der Waals surface area contributed by atoms with Crippen LogP contribution in [0.3, 0.4) is 0 Å². The summed E-state index contributed by atoms with van der Waals surface area (Å²) in [5.41, 5.74) is 3.16. The minimum atomic E-state index is -0.552. The Balaban J connectivity index is 0.00000243. The van der Waals surface area contributed by atoms with Crippen LogP contribution in [0.4, 0.5) is 0 Å². The van der Waals surface area contributed by atoms with E-state index < -0.39 is 6.10 Å². The van der Waals surface area contributed by atoms with Crippen molar-refractivity contribution in [3.63, 3.8) is 0 Å². The van der Waals surface area contributed by atoms with Gasteiger partial charge in [0.15, 0.2) is 0 Å². The van der Waals surface area contributed by atoms with Crippen molar-refractivity contribution in [3.05, 3.63) is 82.0 Å². The molecule has 2 atom stereocenters. The fraction of sp³-hybridized carbons (Fsp3) is 0.238. The lowest BCUT2D eigenvalue weighted by Gasteiger charge is -2.20. The van der Waals surface area contributed by atoms with E-state index in [4.69, 9.17) is 4.42 Å². The van der Waals surface area contributed by atoms with Crippen molar-refractivity contribution < 1.29 is 9.52 Å². The quantitative estimate of drug-likeness (QED) is 0.525. The van der Waals surface area contributed by atoms with E-state index in [9.17, 15) is 5.11 Å². The second kappa shape index (κ2) is 9.38. The van der Waals surface area contributed by atoms with E-state index in [-0.39, 0.29) is 18.4 Å². The summed E-state index contributed by atoms with van der Waals surface area (Å²) in [4.78, 5) is 0. The third-order valence-corrected chi connectivity index (χ3v) is 4.82. The van der Waals surface area contributed by atoms with Gasteiger partial charge in [0, 0.05) is 16.1 Å². The molecule has 0 fully saturated rings. The lowest BCUT2D eigenvalue weighted by atomic mass is 10.0. The van der Waals surface area contributed by atoms with E-state index in [1.54, 1.807) is 0 Å². The molecule has 1 heterocycles. The van der Waals surface area contributed by atoms with Crippen molar-refractivity contribution in [2.45, 2.75) is 32.5 Å². The minimum Gasteiger partial charge on any atom is -0.460 e. The summed E-state index contributed by atoms with van der Waals surface area (Å²) in [7, 11) is 0. The second-order valence-corrected chi connectivity index (χ2v) is 7.17. The molecule has 5 heteroatoms. The molecule has 2 N–H and O–H groups in total. The van der Waals surface area contributed by atoms with Gasteiger partial charge in [-0.1, -0.05) is 46.3 Å². The van der Waals surface area contributed by atoms with Crippen LogP contribution in [0.2, 0.25) is 0 Å². The Labute approximate surface area is 169 Å². The maximum Gasteiger partial charge on any atom is 0.134 e. The highest BCUT2D eigenvalue weighted by atomic mass is 79.9. The van der Waals surface area contributed by atoms with Gasteiger partial charge in [0.2, 0.25) is 0 Å². The van der Waals surface area contributed by atoms with Crippen LogP contribution in [-0.2, 0) is 6.54 Å². The van der Waals surface area contributed by atoms with Crippen LogP contribution in [0.5, 0.6) is 0 Å². The smallest absolute Gasteiger partial charge is 0.134 e. The Bertz CT molecular complexity index is 835. The topological polar surface area (TPSA) is 45.4 Å². The first-order chi connectivity index (χ1) is 12.0. The highest BCUT2D eigenvalue weighted by molar-refractivity contribution is 9.10. The average Bonchev–Trinajstić information content (AvgIpc) is 3.08. The Hall–Kier alpha value is -1.59. The highest BCUT2D eigenvalue weighted by Crippen LogP contribution is 2.28.